The molecule has 1 aliphatic rings. The van der Waals surface area contributed by atoms with Crippen LogP contribution in [0.15, 0.2) is 28.7 Å². The van der Waals surface area contributed by atoms with E-state index in [1.165, 1.54) is 0 Å². The molecule has 132 valence electrons. The predicted molar refractivity (Wildman–Crippen MR) is 97.1 cm³/mol. The Balaban J connectivity index is 1.83. The van der Waals surface area contributed by atoms with Crippen molar-refractivity contribution in [3.8, 4) is 0 Å². The van der Waals surface area contributed by atoms with E-state index in [2.05, 4.69) is 26.1 Å². The SMILES string of the molecule is CC(C(=O)Nc1ccc(Br)cc1)N1CCC(N(C)CC(=O)O)CC1. The monoisotopic (exact) mass is 397 g/mol. The number of carbonyl (C=O) groups is 2. The zero-order valence-electron chi connectivity index (χ0n) is 14.0. The van der Waals surface area contributed by atoms with E-state index in [-0.39, 0.29) is 24.5 Å². The van der Waals surface area contributed by atoms with Gasteiger partial charge in [0, 0.05) is 29.3 Å². The van der Waals surface area contributed by atoms with Crippen LogP contribution in [0.5, 0.6) is 0 Å². The zero-order valence-corrected chi connectivity index (χ0v) is 15.6. The van der Waals surface area contributed by atoms with Gasteiger partial charge in [-0.3, -0.25) is 19.4 Å². The van der Waals surface area contributed by atoms with E-state index in [9.17, 15) is 9.59 Å². The summed E-state index contributed by atoms with van der Waals surface area (Å²) in [5.41, 5.74) is 0.783. The third-order valence-corrected chi connectivity index (χ3v) is 5.07. The lowest BCUT2D eigenvalue weighted by Gasteiger charge is -2.38. The summed E-state index contributed by atoms with van der Waals surface area (Å²) in [6.07, 6.45) is 1.75. The van der Waals surface area contributed by atoms with E-state index in [1.807, 2.05) is 43.1 Å². The predicted octanol–water partition coefficient (Wildman–Crippen LogP) is 2.26. The highest BCUT2D eigenvalue weighted by molar-refractivity contribution is 9.10. The van der Waals surface area contributed by atoms with Gasteiger partial charge in [0.25, 0.3) is 0 Å². The third kappa shape index (κ3) is 5.29. The number of benzene rings is 1. The van der Waals surface area contributed by atoms with Crippen molar-refractivity contribution < 1.29 is 14.7 Å². The third-order valence-electron chi connectivity index (χ3n) is 4.55. The molecule has 2 rings (SSSR count). The molecule has 1 saturated heterocycles. The molecule has 1 amide bonds. The Morgan fingerprint density at radius 3 is 2.46 bits per heavy atom. The molecule has 0 saturated carbocycles. The van der Waals surface area contributed by atoms with Crippen LogP contribution in [0.2, 0.25) is 0 Å². The van der Waals surface area contributed by atoms with Gasteiger partial charge in [-0.15, -0.1) is 0 Å². The van der Waals surface area contributed by atoms with E-state index >= 15 is 0 Å². The van der Waals surface area contributed by atoms with Gasteiger partial charge in [0.1, 0.15) is 0 Å². The van der Waals surface area contributed by atoms with Gasteiger partial charge < -0.3 is 10.4 Å². The number of carboxylic acid groups (broad SMARTS) is 1. The molecule has 1 fully saturated rings. The average Bonchev–Trinajstić information content (AvgIpc) is 2.55. The van der Waals surface area contributed by atoms with Crippen LogP contribution >= 0.6 is 15.9 Å². The molecule has 24 heavy (non-hydrogen) atoms. The minimum absolute atomic E-state index is 0.0188. The van der Waals surface area contributed by atoms with E-state index in [1.54, 1.807) is 0 Å². The molecule has 0 aromatic heterocycles. The molecule has 1 heterocycles. The van der Waals surface area contributed by atoms with Crippen LogP contribution in [0.25, 0.3) is 0 Å². The molecule has 6 nitrogen and oxygen atoms in total. The lowest BCUT2D eigenvalue weighted by Crippen LogP contribution is -2.50. The molecule has 1 aromatic rings. The minimum atomic E-state index is -0.804. The number of carbonyl (C=O) groups excluding carboxylic acids is 1. The number of anilines is 1. The molecule has 1 atom stereocenters. The Kier molecular flexibility index (Phi) is 6.77. The largest absolute Gasteiger partial charge is 0.480 e. The number of hydrogen-bond acceptors (Lipinski definition) is 4. The maximum absolute atomic E-state index is 12.4. The fourth-order valence-corrected chi connectivity index (χ4v) is 3.27. The lowest BCUT2D eigenvalue weighted by atomic mass is 10.0. The summed E-state index contributed by atoms with van der Waals surface area (Å²) in [7, 11) is 1.85. The highest BCUT2D eigenvalue weighted by Crippen LogP contribution is 2.19. The fraction of sp³-hybridized carbons (Fsp3) is 0.529. The second-order valence-corrected chi connectivity index (χ2v) is 7.16. The maximum Gasteiger partial charge on any atom is 0.317 e. The Labute approximate surface area is 150 Å². The fourth-order valence-electron chi connectivity index (χ4n) is 3.00. The smallest absolute Gasteiger partial charge is 0.317 e. The molecule has 0 aliphatic carbocycles. The summed E-state index contributed by atoms with van der Waals surface area (Å²) in [6, 6.07) is 7.57. The summed E-state index contributed by atoms with van der Waals surface area (Å²) < 4.78 is 0.973. The van der Waals surface area contributed by atoms with Crippen molar-refractivity contribution in [1.82, 2.24) is 9.80 Å². The van der Waals surface area contributed by atoms with Crippen molar-refractivity contribution in [2.24, 2.45) is 0 Å². The molecule has 1 aliphatic heterocycles. The van der Waals surface area contributed by atoms with Gasteiger partial charge in [-0.2, -0.15) is 0 Å². The number of nitrogens with one attached hydrogen (secondary N) is 1. The topological polar surface area (TPSA) is 72.9 Å². The Hall–Kier alpha value is -1.44. The first kappa shape index (κ1) is 18.9. The molecule has 0 spiro atoms. The van der Waals surface area contributed by atoms with Crippen LogP contribution in [-0.2, 0) is 9.59 Å². The number of piperidine rings is 1. The van der Waals surface area contributed by atoms with Crippen molar-refractivity contribution in [3.63, 3.8) is 0 Å². The normalized spacial score (nSPS) is 17.7. The quantitative estimate of drug-likeness (QED) is 0.769. The number of hydrogen-bond donors (Lipinski definition) is 2. The summed E-state index contributed by atoms with van der Waals surface area (Å²) in [4.78, 5) is 27.2. The number of nitrogens with zero attached hydrogens (tertiary/aromatic N) is 2. The van der Waals surface area contributed by atoms with Crippen molar-refractivity contribution in [2.75, 3.05) is 32.0 Å². The van der Waals surface area contributed by atoms with E-state index in [4.69, 9.17) is 5.11 Å². The molecule has 0 radical (unpaired) electrons. The summed E-state index contributed by atoms with van der Waals surface area (Å²) >= 11 is 3.37. The number of amides is 1. The number of aliphatic carboxylic acids is 1. The Bertz CT molecular complexity index is 571. The zero-order chi connectivity index (χ0) is 17.7. The molecule has 1 unspecified atom stereocenters. The highest BCUT2D eigenvalue weighted by atomic mass is 79.9. The van der Waals surface area contributed by atoms with Gasteiger partial charge >= 0.3 is 5.97 Å². The molecule has 1 aromatic carbocycles. The summed E-state index contributed by atoms with van der Waals surface area (Å²) in [5, 5.41) is 11.8. The van der Waals surface area contributed by atoms with Gasteiger partial charge in [-0.1, -0.05) is 15.9 Å². The first-order chi connectivity index (χ1) is 11.4. The van der Waals surface area contributed by atoms with Crippen LogP contribution in [0, 0.1) is 0 Å². The second kappa shape index (κ2) is 8.60. The standard InChI is InChI=1S/C17H24BrN3O3/c1-12(17(24)19-14-5-3-13(18)4-6-14)21-9-7-15(8-10-21)20(2)11-16(22)23/h3-6,12,15H,7-11H2,1-2H3,(H,19,24)(H,22,23). The van der Waals surface area contributed by atoms with Crippen molar-refractivity contribution in [2.45, 2.75) is 31.8 Å². The summed E-state index contributed by atoms with van der Waals surface area (Å²) in [5.74, 6) is -0.822. The van der Waals surface area contributed by atoms with Crippen molar-refractivity contribution >= 4 is 33.5 Å². The maximum atomic E-state index is 12.4. The van der Waals surface area contributed by atoms with E-state index in [0.29, 0.717) is 0 Å². The molecule has 7 heteroatoms. The van der Waals surface area contributed by atoms with Crippen molar-refractivity contribution in [1.29, 1.82) is 0 Å². The van der Waals surface area contributed by atoms with Crippen LogP contribution < -0.4 is 5.32 Å². The minimum Gasteiger partial charge on any atom is -0.480 e. The second-order valence-electron chi connectivity index (χ2n) is 6.25. The van der Waals surface area contributed by atoms with Crippen LogP contribution in [-0.4, -0.2) is 65.5 Å². The number of likely N-dealkylation sites (tertiary alicyclic amines) is 1. The molecular weight excluding hydrogens is 374 g/mol. The van der Waals surface area contributed by atoms with Crippen molar-refractivity contribution in [3.05, 3.63) is 28.7 Å². The molecule has 2 N–H and O–H groups in total. The first-order valence-corrected chi connectivity index (χ1v) is 8.88. The van der Waals surface area contributed by atoms with Crippen LogP contribution in [0.3, 0.4) is 0 Å². The van der Waals surface area contributed by atoms with E-state index < -0.39 is 5.97 Å². The van der Waals surface area contributed by atoms with Gasteiger partial charge in [0.2, 0.25) is 5.91 Å². The van der Waals surface area contributed by atoms with Gasteiger partial charge in [-0.05, 0) is 51.1 Å². The lowest BCUT2D eigenvalue weighted by molar-refractivity contribution is -0.138. The number of rotatable bonds is 6. The first-order valence-electron chi connectivity index (χ1n) is 8.09. The molecule has 0 bridgehead atoms. The molecular formula is C17H24BrN3O3. The number of halogens is 1. The number of carboxylic acids is 1. The Morgan fingerprint density at radius 1 is 1.33 bits per heavy atom. The van der Waals surface area contributed by atoms with Crippen LogP contribution in [0.4, 0.5) is 5.69 Å². The van der Waals surface area contributed by atoms with Gasteiger partial charge in [0.05, 0.1) is 12.6 Å². The van der Waals surface area contributed by atoms with Gasteiger partial charge in [-0.25, -0.2) is 0 Å². The average molecular weight is 398 g/mol. The Morgan fingerprint density at radius 2 is 1.92 bits per heavy atom. The highest BCUT2D eigenvalue weighted by Gasteiger charge is 2.28. The van der Waals surface area contributed by atoms with Gasteiger partial charge in [0.15, 0.2) is 0 Å². The van der Waals surface area contributed by atoms with Crippen LogP contribution in [0.1, 0.15) is 19.8 Å². The summed E-state index contributed by atoms with van der Waals surface area (Å²) in [6.45, 7) is 3.56. The number of likely N-dealkylation sites (N-methyl/N-ethyl adjacent to an activating group) is 1. The van der Waals surface area contributed by atoms with E-state index in [0.717, 1.165) is 36.1 Å².